The lowest BCUT2D eigenvalue weighted by atomic mass is 10.1. The molecule has 1 N–H and O–H groups in total. The minimum atomic E-state index is -3.75. The highest BCUT2D eigenvalue weighted by atomic mass is 32.2. The first-order chi connectivity index (χ1) is 14.4. The fourth-order valence-corrected chi connectivity index (χ4v) is 4.28. The van der Waals surface area contributed by atoms with Crippen molar-refractivity contribution in [1.29, 1.82) is 0 Å². The first-order valence-corrected chi connectivity index (χ1v) is 10.8. The van der Waals surface area contributed by atoms with E-state index in [9.17, 15) is 17.6 Å². The van der Waals surface area contributed by atoms with Crippen molar-refractivity contribution >= 4 is 26.7 Å². The fraction of sp³-hybridized carbons (Fsp3) is 0.273. The first-order valence-electron chi connectivity index (χ1n) is 9.33. The van der Waals surface area contributed by atoms with Gasteiger partial charge >= 0.3 is 5.97 Å². The summed E-state index contributed by atoms with van der Waals surface area (Å²) in [5, 5.41) is 9.25. The van der Waals surface area contributed by atoms with E-state index in [0.717, 1.165) is 6.07 Å². The summed E-state index contributed by atoms with van der Waals surface area (Å²) < 4.78 is 50.4. The number of nitrogens with zero attached hydrogens (tertiary/aromatic N) is 1. The van der Waals surface area contributed by atoms with E-state index in [2.05, 4.69) is 4.98 Å². The van der Waals surface area contributed by atoms with Crippen molar-refractivity contribution < 1.29 is 32.2 Å². The predicted molar refractivity (Wildman–Crippen MR) is 113 cm³/mol. The van der Waals surface area contributed by atoms with Crippen LogP contribution in [0.2, 0.25) is 0 Å². The molecule has 0 bridgehead atoms. The fourth-order valence-electron chi connectivity index (χ4n) is 2.94. The molecule has 31 heavy (non-hydrogen) atoms. The van der Waals surface area contributed by atoms with Gasteiger partial charge in [0.25, 0.3) is 0 Å². The standard InChI is InChI=1S/C22H22FNO6S/c1-22(2,3)31(27,28)20-11-15-17(12-19(20)29-4)24-8-7-18(15)30-14-6-5-13(9-21(25)26)16(23)10-14/h5-8,10-12H,9H2,1-4H3,(H,25,26). The van der Waals surface area contributed by atoms with Crippen LogP contribution in [0.3, 0.4) is 0 Å². The SMILES string of the molecule is COc1cc2nccc(Oc3ccc(CC(=O)O)c(F)c3)c2cc1S(=O)(=O)C(C)(C)C. The van der Waals surface area contributed by atoms with Gasteiger partial charge in [-0.15, -0.1) is 0 Å². The van der Waals surface area contributed by atoms with Gasteiger partial charge in [-0.05, 0) is 44.5 Å². The summed E-state index contributed by atoms with van der Waals surface area (Å²) in [6, 6.07) is 8.35. The Bertz CT molecular complexity index is 1260. The van der Waals surface area contributed by atoms with Gasteiger partial charge in [-0.25, -0.2) is 12.8 Å². The molecule has 0 saturated carbocycles. The number of carboxylic acids is 1. The molecule has 0 fully saturated rings. The molecule has 2 aromatic carbocycles. The van der Waals surface area contributed by atoms with Crippen molar-refractivity contribution in [2.24, 2.45) is 0 Å². The third-order valence-corrected chi connectivity index (χ3v) is 7.19. The number of aromatic nitrogens is 1. The Hall–Kier alpha value is -3.20. The molecule has 0 unspecified atom stereocenters. The molecule has 7 nitrogen and oxygen atoms in total. The number of hydrogen-bond donors (Lipinski definition) is 1. The average molecular weight is 447 g/mol. The first kappa shape index (κ1) is 22.5. The molecule has 1 aromatic heterocycles. The molecule has 9 heteroatoms. The molecule has 0 saturated heterocycles. The maximum Gasteiger partial charge on any atom is 0.307 e. The van der Waals surface area contributed by atoms with Crippen LogP contribution in [0.15, 0.2) is 47.5 Å². The third kappa shape index (κ3) is 4.46. The van der Waals surface area contributed by atoms with Crippen LogP contribution >= 0.6 is 0 Å². The van der Waals surface area contributed by atoms with Gasteiger partial charge in [0.2, 0.25) is 0 Å². The summed E-state index contributed by atoms with van der Waals surface area (Å²) in [6.45, 7) is 4.77. The zero-order valence-corrected chi connectivity index (χ0v) is 18.3. The van der Waals surface area contributed by atoms with E-state index in [0.29, 0.717) is 10.9 Å². The molecular weight excluding hydrogens is 425 g/mol. The number of hydrogen-bond acceptors (Lipinski definition) is 6. The van der Waals surface area contributed by atoms with E-state index in [4.69, 9.17) is 14.6 Å². The largest absolute Gasteiger partial charge is 0.495 e. The number of halogens is 1. The van der Waals surface area contributed by atoms with E-state index in [-0.39, 0.29) is 27.7 Å². The van der Waals surface area contributed by atoms with Crippen LogP contribution in [-0.4, -0.2) is 36.3 Å². The smallest absolute Gasteiger partial charge is 0.307 e. The number of fused-ring (bicyclic) bond motifs is 1. The van der Waals surface area contributed by atoms with Crippen molar-refractivity contribution in [2.75, 3.05) is 7.11 Å². The molecule has 0 amide bonds. The summed E-state index contributed by atoms with van der Waals surface area (Å²) >= 11 is 0. The topological polar surface area (TPSA) is 103 Å². The second-order valence-electron chi connectivity index (χ2n) is 7.87. The van der Waals surface area contributed by atoms with Gasteiger partial charge in [0.15, 0.2) is 9.84 Å². The monoisotopic (exact) mass is 447 g/mol. The number of rotatable bonds is 6. The van der Waals surface area contributed by atoms with E-state index >= 15 is 0 Å². The highest BCUT2D eigenvalue weighted by Crippen LogP contribution is 2.38. The third-order valence-electron chi connectivity index (χ3n) is 4.68. The van der Waals surface area contributed by atoms with Crippen molar-refractivity contribution in [2.45, 2.75) is 36.8 Å². The van der Waals surface area contributed by atoms with Gasteiger partial charge in [0.1, 0.15) is 28.0 Å². The van der Waals surface area contributed by atoms with Gasteiger partial charge in [-0.3, -0.25) is 9.78 Å². The van der Waals surface area contributed by atoms with E-state index in [1.165, 1.54) is 43.6 Å². The van der Waals surface area contributed by atoms with Crippen LogP contribution in [0.25, 0.3) is 10.9 Å². The normalized spacial score (nSPS) is 12.0. The summed E-state index contributed by atoms with van der Waals surface area (Å²) in [5.41, 5.74) is 0.466. The highest BCUT2D eigenvalue weighted by Gasteiger charge is 2.34. The van der Waals surface area contributed by atoms with Crippen molar-refractivity contribution in [3.8, 4) is 17.2 Å². The lowest BCUT2D eigenvalue weighted by molar-refractivity contribution is -0.136. The molecule has 3 rings (SSSR count). The molecule has 0 aliphatic carbocycles. The quantitative estimate of drug-likeness (QED) is 0.598. The van der Waals surface area contributed by atoms with E-state index in [1.54, 1.807) is 20.8 Å². The minimum absolute atomic E-state index is 0.00385. The molecule has 0 aliphatic heterocycles. The van der Waals surface area contributed by atoms with Crippen molar-refractivity contribution in [3.05, 3.63) is 54.0 Å². The zero-order chi connectivity index (χ0) is 23.0. The molecule has 0 atom stereocenters. The second-order valence-corrected chi connectivity index (χ2v) is 10.5. The van der Waals surface area contributed by atoms with Crippen molar-refractivity contribution in [3.63, 3.8) is 0 Å². The number of sulfone groups is 1. The molecule has 0 aliphatic rings. The van der Waals surface area contributed by atoms with Gasteiger partial charge in [-0.1, -0.05) is 6.07 Å². The maximum absolute atomic E-state index is 14.2. The van der Waals surface area contributed by atoms with Gasteiger partial charge < -0.3 is 14.6 Å². The molecular formula is C22H22FNO6S. The average Bonchev–Trinajstić information content (AvgIpc) is 2.68. The summed E-state index contributed by atoms with van der Waals surface area (Å²) in [4.78, 5) is 15.1. The Kier molecular flexibility index (Phi) is 5.91. The van der Waals surface area contributed by atoms with Gasteiger partial charge in [0, 0.05) is 23.7 Å². The Morgan fingerprint density at radius 1 is 1.13 bits per heavy atom. The van der Waals surface area contributed by atoms with Gasteiger partial charge in [0.05, 0.1) is 23.8 Å². The number of ether oxygens (including phenoxy) is 2. The number of carboxylic acid groups (broad SMARTS) is 1. The Labute approximate surface area is 179 Å². The number of aliphatic carboxylic acids is 1. The summed E-state index contributed by atoms with van der Waals surface area (Å²) in [7, 11) is -2.37. The highest BCUT2D eigenvalue weighted by molar-refractivity contribution is 7.92. The molecule has 0 radical (unpaired) electrons. The van der Waals surface area contributed by atoms with E-state index < -0.39 is 32.8 Å². The van der Waals surface area contributed by atoms with Crippen LogP contribution in [-0.2, 0) is 21.1 Å². The van der Waals surface area contributed by atoms with Crippen LogP contribution < -0.4 is 9.47 Å². The Morgan fingerprint density at radius 3 is 2.42 bits per heavy atom. The number of pyridine rings is 1. The molecule has 164 valence electrons. The van der Waals surface area contributed by atoms with Crippen molar-refractivity contribution in [1.82, 2.24) is 4.98 Å². The minimum Gasteiger partial charge on any atom is -0.495 e. The number of carbonyl (C=O) groups is 1. The number of benzene rings is 2. The van der Waals surface area contributed by atoms with Gasteiger partial charge in [-0.2, -0.15) is 0 Å². The van der Waals surface area contributed by atoms with E-state index in [1.807, 2.05) is 0 Å². The number of methoxy groups -OCH3 is 1. The summed E-state index contributed by atoms with van der Waals surface area (Å²) in [6.07, 6.45) is 1.03. The summed E-state index contributed by atoms with van der Waals surface area (Å²) in [5.74, 6) is -1.29. The van der Waals surface area contributed by atoms with Crippen LogP contribution in [0, 0.1) is 5.82 Å². The van der Waals surface area contributed by atoms with Crippen LogP contribution in [0.1, 0.15) is 26.3 Å². The molecule has 0 spiro atoms. The molecule has 1 heterocycles. The Balaban J connectivity index is 2.11. The maximum atomic E-state index is 14.2. The van der Waals surface area contributed by atoms with Crippen LogP contribution in [0.4, 0.5) is 4.39 Å². The Morgan fingerprint density at radius 2 is 1.84 bits per heavy atom. The lowest BCUT2D eigenvalue weighted by Gasteiger charge is -2.21. The predicted octanol–water partition coefficient (Wildman–Crippen LogP) is 4.37. The van der Waals surface area contributed by atoms with Crippen LogP contribution in [0.5, 0.6) is 17.2 Å². The molecule has 3 aromatic rings. The second kappa shape index (κ2) is 8.14. The zero-order valence-electron chi connectivity index (χ0n) is 17.5. The lowest BCUT2D eigenvalue weighted by Crippen LogP contribution is -2.28.